The van der Waals surface area contributed by atoms with Crippen LogP contribution in [0.1, 0.15) is 88.2 Å². The molecule has 0 radical (unpaired) electrons. The van der Waals surface area contributed by atoms with Gasteiger partial charge in [-0.1, -0.05) is 76.5 Å². The monoisotopic (exact) mass is 758 g/mol. The fourth-order valence-electron chi connectivity index (χ4n) is 14.9. The molecule has 13 rings (SSSR count). The van der Waals surface area contributed by atoms with Crippen molar-refractivity contribution in [3.8, 4) is 22.3 Å². The van der Waals surface area contributed by atoms with Crippen LogP contribution in [0.5, 0.6) is 0 Å². The van der Waals surface area contributed by atoms with E-state index in [1.165, 1.54) is 34.6 Å². The third kappa shape index (κ3) is 6.60. The predicted molar refractivity (Wildman–Crippen MR) is 230 cm³/mol. The Hall–Kier alpha value is -1.64. The molecule has 6 heteroatoms. The van der Waals surface area contributed by atoms with Crippen LogP contribution >= 0.6 is 15.8 Å². The summed E-state index contributed by atoms with van der Waals surface area (Å²) in [6, 6.07) is 28.5. The molecular formula is C48H64N4P2. The molecule has 10 aliphatic rings. The van der Waals surface area contributed by atoms with Gasteiger partial charge in [0.15, 0.2) is 0 Å². The lowest BCUT2D eigenvalue weighted by Gasteiger charge is -2.67. The fraction of sp³-hybridized carbons (Fsp3) is 0.625. The van der Waals surface area contributed by atoms with Crippen molar-refractivity contribution in [2.24, 2.45) is 35.5 Å². The molecule has 10 fully saturated rings. The van der Waals surface area contributed by atoms with E-state index in [0.717, 1.165) is 74.8 Å². The third-order valence-electron chi connectivity index (χ3n) is 16.2. The van der Waals surface area contributed by atoms with E-state index >= 15 is 0 Å². The zero-order valence-corrected chi connectivity index (χ0v) is 34.4. The SMILES string of the molecule is c1ccc(-c2cc(CP(C3CNCCN3)C3CNCCN3)c(CP(C34CC5CC(CC(C5)C3)C4)C34CC5CC(CC(C5)C3)C4)cc2-c2ccccc2)cc1. The van der Waals surface area contributed by atoms with E-state index in [4.69, 9.17) is 0 Å². The van der Waals surface area contributed by atoms with E-state index in [1.54, 1.807) is 88.2 Å². The molecule has 3 aromatic carbocycles. The molecule has 3 aromatic rings. The summed E-state index contributed by atoms with van der Waals surface area (Å²) in [7, 11) is -0.503. The molecule has 8 bridgehead atoms. The number of nitrogens with one attached hydrogen (secondary N) is 4. The first-order valence-corrected chi connectivity index (χ1v) is 25.5. The lowest BCUT2D eigenvalue weighted by atomic mass is 9.55. The first-order valence-electron chi connectivity index (χ1n) is 22.3. The van der Waals surface area contributed by atoms with E-state index in [2.05, 4.69) is 94.1 Å². The molecular weight excluding hydrogens is 695 g/mol. The molecule has 8 saturated carbocycles. The number of hydrogen-bond acceptors (Lipinski definition) is 4. The molecule has 0 spiro atoms. The van der Waals surface area contributed by atoms with Gasteiger partial charge in [-0.2, -0.15) is 0 Å². The average Bonchev–Trinajstić information content (AvgIpc) is 3.19. The number of benzene rings is 3. The molecule has 2 saturated heterocycles. The van der Waals surface area contributed by atoms with E-state index in [1.807, 2.05) is 0 Å². The highest BCUT2D eigenvalue weighted by Gasteiger charge is 2.62. The summed E-state index contributed by atoms with van der Waals surface area (Å²) in [4.78, 5) is 0. The van der Waals surface area contributed by atoms with Gasteiger partial charge in [-0.15, -0.1) is 0 Å². The summed E-state index contributed by atoms with van der Waals surface area (Å²) in [5, 5.41) is 17.0. The summed E-state index contributed by atoms with van der Waals surface area (Å²) in [6.45, 7) is 6.54. The van der Waals surface area contributed by atoms with Gasteiger partial charge in [0.05, 0.1) is 0 Å². The van der Waals surface area contributed by atoms with Crippen LogP contribution in [-0.2, 0) is 12.3 Å². The zero-order chi connectivity index (χ0) is 35.7. The van der Waals surface area contributed by atoms with Crippen LogP contribution in [-0.4, -0.2) is 61.1 Å². The van der Waals surface area contributed by atoms with Crippen molar-refractivity contribution in [1.82, 2.24) is 21.3 Å². The Morgan fingerprint density at radius 1 is 0.481 bits per heavy atom. The largest absolute Gasteiger partial charge is 0.314 e. The van der Waals surface area contributed by atoms with Crippen LogP contribution in [0.3, 0.4) is 0 Å². The predicted octanol–water partition coefficient (Wildman–Crippen LogP) is 9.96. The van der Waals surface area contributed by atoms with E-state index < -0.39 is 0 Å². The number of hydrogen-bond donors (Lipinski definition) is 4. The van der Waals surface area contributed by atoms with Crippen LogP contribution in [0.15, 0.2) is 72.8 Å². The molecule has 4 N–H and O–H groups in total. The Labute approximate surface area is 328 Å². The normalized spacial score (nSPS) is 39.1. The van der Waals surface area contributed by atoms with E-state index in [0.29, 0.717) is 21.9 Å². The molecule has 286 valence electrons. The Morgan fingerprint density at radius 3 is 1.24 bits per heavy atom. The summed E-state index contributed by atoms with van der Waals surface area (Å²) < 4.78 is 0. The van der Waals surface area contributed by atoms with Crippen molar-refractivity contribution in [2.45, 2.75) is 111 Å². The maximum atomic E-state index is 4.06. The van der Waals surface area contributed by atoms with Gasteiger partial charge in [0, 0.05) is 50.8 Å². The first-order chi connectivity index (χ1) is 26.6. The average molecular weight is 759 g/mol. The minimum Gasteiger partial charge on any atom is -0.314 e. The van der Waals surface area contributed by atoms with Crippen molar-refractivity contribution in [3.05, 3.63) is 83.9 Å². The third-order valence-corrected chi connectivity index (χ3v) is 23.3. The number of piperazine rings is 2. The second-order valence-electron chi connectivity index (χ2n) is 19.8. The van der Waals surface area contributed by atoms with Gasteiger partial charge in [0.1, 0.15) is 0 Å². The van der Waals surface area contributed by atoms with Crippen LogP contribution in [0.25, 0.3) is 22.3 Å². The summed E-state index contributed by atoms with van der Waals surface area (Å²) >= 11 is 0. The van der Waals surface area contributed by atoms with Gasteiger partial charge < -0.3 is 21.3 Å². The van der Waals surface area contributed by atoms with Gasteiger partial charge in [-0.3, -0.25) is 0 Å². The molecule has 54 heavy (non-hydrogen) atoms. The standard InChI is InChI=1S/C48H64N4P2/c1-3-7-39(8-4-1)43-21-41(31-53(45-29-49-11-13-51-45)46-30-50-12-14-52-46)42(22-44(43)40-9-5-2-6-10-40)32-54(47-23-33-15-34(24-47)17-35(16-33)25-47)48-26-36-18-37(27-48)20-38(19-36)28-48/h1-10,21-22,33-38,45-46,49-52H,11-20,23-32H2. The van der Waals surface area contributed by atoms with Crippen molar-refractivity contribution >= 4 is 15.8 Å². The summed E-state index contributed by atoms with van der Waals surface area (Å²) in [5.74, 6) is 7.24. The van der Waals surface area contributed by atoms with Crippen molar-refractivity contribution in [3.63, 3.8) is 0 Å². The van der Waals surface area contributed by atoms with Crippen molar-refractivity contribution < 1.29 is 0 Å². The Kier molecular flexibility index (Phi) is 9.62. The molecule has 8 aliphatic carbocycles. The van der Waals surface area contributed by atoms with Crippen LogP contribution < -0.4 is 21.3 Å². The molecule has 2 unspecified atom stereocenters. The van der Waals surface area contributed by atoms with Gasteiger partial charge in [-0.25, -0.2) is 0 Å². The van der Waals surface area contributed by atoms with Gasteiger partial charge in [-0.05, 0) is 181 Å². The molecule has 2 aliphatic heterocycles. The van der Waals surface area contributed by atoms with Gasteiger partial charge >= 0.3 is 0 Å². The van der Waals surface area contributed by atoms with Crippen molar-refractivity contribution in [2.75, 3.05) is 39.3 Å². The topological polar surface area (TPSA) is 48.1 Å². The Bertz CT molecular complexity index is 1650. The molecule has 2 atom stereocenters. The molecule has 0 amide bonds. The summed E-state index contributed by atoms with van der Waals surface area (Å²) in [5.41, 5.74) is 9.11. The maximum Gasteiger partial charge on any atom is 0.0413 e. The number of rotatable bonds is 10. The molecule has 2 heterocycles. The maximum absolute atomic E-state index is 4.06. The fourth-order valence-corrected chi connectivity index (χ4v) is 23.1. The Balaban J connectivity index is 1.07. The minimum absolute atomic E-state index is 0.149. The quantitative estimate of drug-likeness (QED) is 0.156. The van der Waals surface area contributed by atoms with Crippen LogP contribution in [0, 0.1) is 35.5 Å². The van der Waals surface area contributed by atoms with Crippen molar-refractivity contribution in [1.29, 1.82) is 0 Å². The highest BCUT2D eigenvalue weighted by Crippen LogP contribution is 2.80. The molecule has 0 aromatic heterocycles. The van der Waals surface area contributed by atoms with Gasteiger partial charge in [0.2, 0.25) is 0 Å². The summed E-state index contributed by atoms with van der Waals surface area (Å²) in [6.07, 6.45) is 21.5. The van der Waals surface area contributed by atoms with Crippen LogP contribution in [0.2, 0.25) is 0 Å². The van der Waals surface area contributed by atoms with Crippen LogP contribution in [0.4, 0.5) is 0 Å². The highest BCUT2D eigenvalue weighted by atomic mass is 31.1. The van der Waals surface area contributed by atoms with Gasteiger partial charge in [0.25, 0.3) is 0 Å². The smallest absolute Gasteiger partial charge is 0.0413 e. The highest BCUT2D eigenvalue weighted by molar-refractivity contribution is 7.60. The zero-order valence-electron chi connectivity index (χ0n) is 32.6. The Morgan fingerprint density at radius 2 is 0.870 bits per heavy atom. The van der Waals surface area contributed by atoms with E-state index in [9.17, 15) is 0 Å². The second-order valence-corrected chi connectivity index (χ2v) is 25.4. The first kappa shape index (κ1) is 35.5. The lowest BCUT2D eigenvalue weighted by Crippen LogP contribution is -2.56. The van der Waals surface area contributed by atoms with E-state index in [-0.39, 0.29) is 15.8 Å². The lowest BCUT2D eigenvalue weighted by molar-refractivity contribution is 0.0184. The minimum atomic E-state index is -0.354. The second kappa shape index (κ2) is 14.6. The molecule has 4 nitrogen and oxygen atoms in total.